The molecule has 0 saturated carbocycles. The van der Waals surface area contributed by atoms with Crippen molar-refractivity contribution in [3.8, 4) is 11.1 Å². The van der Waals surface area contributed by atoms with Crippen LogP contribution in [-0.2, 0) is 11.2 Å². The average molecular weight is 287 g/mol. The summed E-state index contributed by atoms with van der Waals surface area (Å²) in [5.41, 5.74) is 4.13. The first kappa shape index (κ1) is 13.8. The molecule has 2 heterocycles. The Bertz CT molecular complexity index is 518. The molecule has 1 aromatic carbocycles. The van der Waals surface area contributed by atoms with Gasteiger partial charge in [-0.15, -0.1) is 0 Å². The smallest absolute Gasteiger partial charge is 0.0594 e. The Morgan fingerprint density at radius 2 is 2.00 bits per heavy atom. The lowest BCUT2D eigenvalue weighted by Crippen LogP contribution is -2.36. The molecule has 0 unspecified atom stereocenters. The van der Waals surface area contributed by atoms with Gasteiger partial charge in [0.05, 0.1) is 13.2 Å². The van der Waals surface area contributed by atoms with E-state index in [9.17, 15) is 0 Å². The SMILES string of the molecule is c1cc(CCCN2CCOCC2)cc(-c2ccsc2)c1. The van der Waals surface area contributed by atoms with Crippen LogP contribution in [0, 0.1) is 0 Å². The number of benzene rings is 1. The largest absolute Gasteiger partial charge is 0.379 e. The molecule has 3 heteroatoms. The molecule has 1 aliphatic rings. The highest BCUT2D eigenvalue weighted by Gasteiger charge is 2.09. The zero-order valence-electron chi connectivity index (χ0n) is 11.8. The number of hydrogen-bond acceptors (Lipinski definition) is 3. The molecule has 20 heavy (non-hydrogen) atoms. The highest BCUT2D eigenvalue weighted by molar-refractivity contribution is 7.08. The van der Waals surface area contributed by atoms with Crippen molar-refractivity contribution in [1.82, 2.24) is 4.90 Å². The van der Waals surface area contributed by atoms with E-state index in [1.54, 1.807) is 11.3 Å². The predicted octanol–water partition coefficient (Wildman–Crippen LogP) is 3.68. The molecule has 0 aliphatic carbocycles. The number of nitrogens with zero attached hydrogens (tertiary/aromatic N) is 1. The van der Waals surface area contributed by atoms with Gasteiger partial charge in [-0.1, -0.05) is 24.3 Å². The molecule has 1 aromatic heterocycles. The van der Waals surface area contributed by atoms with Crippen LogP contribution in [0.1, 0.15) is 12.0 Å². The summed E-state index contributed by atoms with van der Waals surface area (Å²) in [6.07, 6.45) is 2.39. The molecule has 0 bridgehead atoms. The van der Waals surface area contributed by atoms with Gasteiger partial charge in [-0.3, -0.25) is 4.90 Å². The number of ether oxygens (including phenoxy) is 1. The van der Waals surface area contributed by atoms with Gasteiger partial charge in [0.1, 0.15) is 0 Å². The average Bonchev–Trinajstić information content (AvgIpc) is 3.03. The van der Waals surface area contributed by atoms with Crippen molar-refractivity contribution in [2.45, 2.75) is 12.8 Å². The molecule has 3 rings (SSSR count). The minimum absolute atomic E-state index is 0.896. The van der Waals surface area contributed by atoms with Crippen LogP contribution in [0.4, 0.5) is 0 Å². The van der Waals surface area contributed by atoms with Gasteiger partial charge in [0, 0.05) is 13.1 Å². The lowest BCUT2D eigenvalue weighted by Gasteiger charge is -2.26. The number of hydrogen-bond donors (Lipinski definition) is 0. The third-order valence-electron chi connectivity index (χ3n) is 3.82. The van der Waals surface area contributed by atoms with Gasteiger partial charge < -0.3 is 4.74 Å². The van der Waals surface area contributed by atoms with Crippen LogP contribution >= 0.6 is 11.3 Å². The minimum Gasteiger partial charge on any atom is -0.379 e. The molecule has 2 nitrogen and oxygen atoms in total. The number of aryl methyl sites for hydroxylation is 1. The normalized spacial score (nSPS) is 16.4. The van der Waals surface area contributed by atoms with Gasteiger partial charge >= 0.3 is 0 Å². The molecule has 0 atom stereocenters. The van der Waals surface area contributed by atoms with E-state index in [-0.39, 0.29) is 0 Å². The number of thiophene rings is 1. The lowest BCUT2D eigenvalue weighted by molar-refractivity contribution is 0.0375. The van der Waals surface area contributed by atoms with E-state index < -0.39 is 0 Å². The van der Waals surface area contributed by atoms with Crippen molar-refractivity contribution in [3.63, 3.8) is 0 Å². The van der Waals surface area contributed by atoms with Crippen LogP contribution in [0.25, 0.3) is 11.1 Å². The molecule has 1 fully saturated rings. The van der Waals surface area contributed by atoms with Crippen molar-refractivity contribution in [1.29, 1.82) is 0 Å². The first-order valence-corrected chi connectivity index (χ1v) is 8.28. The molecular formula is C17H21NOS. The molecule has 0 spiro atoms. The Hall–Kier alpha value is -1.16. The van der Waals surface area contributed by atoms with Gasteiger partial charge in [0.15, 0.2) is 0 Å². The maximum Gasteiger partial charge on any atom is 0.0594 e. The van der Waals surface area contributed by atoms with Crippen molar-refractivity contribution in [3.05, 3.63) is 46.7 Å². The maximum atomic E-state index is 5.38. The highest BCUT2D eigenvalue weighted by Crippen LogP contribution is 2.23. The summed E-state index contributed by atoms with van der Waals surface area (Å²) in [5.74, 6) is 0. The molecule has 106 valence electrons. The second kappa shape index (κ2) is 7.02. The fourth-order valence-corrected chi connectivity index (χ4v) is 3.33. The Morgan fingerprint density at radius 1 is 1.10 bits per heavy atom. The summed E-state index contributed by atoms with van der Waals surface area (Å²) < 4.78 is 5.38. The van der Waals surface area contributed by atoms with Gasteiger partial charge in [-0.05, 0) is 52.9 Å². The van der Waals surface area contributed by atoms with Crippen LogP contribution in [0.3, 0.4) is 0 Å². The molecule has 0 radical (unpaired) electrons. The Labute approximate surface area is 125 Å². The van der Waals surface area contributed by atoms with Gasteiger partial charge in [0.25, 0.3) is 0 Å². The van der Waals surface area contributed by atoms with Crippen molar-refractivity contribution >= 4 is 11.3 Å². The fraction of sp³-hybridized carbons (Fsp3) is 0.412. The second-order valence-electron chi connectivity index (χ2n) is 5.27. The molecule has 1 saturated heterocycles. The summed E-state index contributed by atoms with van der Waals surface area (Å²) >= 11 is 1.76. The number of rotatable bonds is 5. The Morgan fingerprint density at radius 3 is 2.80 bits per heavy atom. The first-order chi connectivity index (χ1) is 9.92. The highest BCUT2D eigenvalue weighted by atomic mass is 32.1. The van der Waals surface area contributed by atoms with Gasteiger partial charge in [-0.25, -0.2) is 0 Å². The van der Waals surface area contributed by atoms with E-state index in [1.165, 1.54) is 29.7 Å². The Kier molecular flexibility index (Phi) is 4.85. The third-order valence-corrected chi connectivity index (χ3v) is 4.51. The van der Waals surface area contributed by atoms with E-state index >= 15 is 0 Å². The van der Waals surface area contributed by atoms with Gasteiger partial charge in [-0.2, -0.15) is 11.3 Å². The number of morpholine rings is 1. The zero-order chi connectivity index (χ0) is 13.6. The molecule has 1 aliphatic heterocycles. The summed E-state index contributed by atoms with van der Waals surface area (Å²) in [7, 11) is 0. The standard InChI is InChI=1S/C17H21NOS/c1-3-15(4-2-7-18-8-10-19-11-9-18)13-16(5-1)17-6-12-20-14-17/h1,3,5-6,12-14H,2,4,7-11H2. The topological polar surface area (TPSA) is 12.5 Å². The molecule has 0 N–H and O–H groups in total. The minimum atomic E-state index is 0.896. The third kappa shape index (κ3) is 3.69. The molecule has 0 amide bonds. The monoisotopic (exact) mass is 287 g/mol. The maximum absolute atomic E-state index is 5.38. The summed E-state index contributed by atoms with van der Waals surface area (Å²) in [4.78, 5) is 2.51. The van der Waals surface area contributed by atoms with Crippen LogP contribution < -0.4 is 0 Å². The van der Waals surface area contributed by atoms with E-state index in [4.69, 9.17) is 4.74 Å². The van der Waals surface area contributed by atoms with Crippen LogP contribution in [0.2, 0.25) is 0 Å². The summed E-state index contributed by atoms with van der Waals surface area (Å²) in [6, 6.07) is 11.2. The fourth-order valence-electron chi connectivity index (χ4n) is 2.67. The van der Waals surface area contributed by atoms with Crippen LogP contribution in [0.5, 0.6) is 0 Å². The first-order valence-electron chi connectivity index (χ1n) is 7.33. The van der Waals surface area contributed by atoms with Crippen molar-refractivity contribution in [2.24, 2.45) is 0 Å². The van der Waals surface area contributed by atoms with Crippen molar-refractivity contribution in [2.75, 3.05) is 32.8 Å². The second-order valence-corrected chi connectivity index (χ2v) is 6.05. The van der Waals surface area contributed by atoms with E-state index in [0.717, 1.165) is 32.7 Å². The van der Waals surface area contributed by atoms with Crippen molar-refractivity contribution < 1.29 is 4.74 Å². The predicted molar refractivity (Wildman–Crippen MR) is 85.3 cm³/mol. The van der Waals surface area contributed by atoms with E-state index in [0.29, 0.717) is 0 Å². The quantitative estimate of drug-likeness (QED) is 0.832. The van der Waals surface area contributed by atoms with Crippen LogP contribution in [0.15, 0.2) is 41.1 Å². The molecule has 2 aromatic rings. The Balaban J connectivity index is 1.53. The molecular weight excluding hydrogens is 266 g/mol. The zero-order valence-corrected chi connectivity index (χ0v) is 12.6. The van der Waals surface area contributed by atoms with E-state index in [2.05, 4.69) is 46.0 Å². The summed E-state index contributed by atoms with van der Waals surface area (Å²) in [5, 5.41) is 4.35. The summed E-state index contributed by atoms with van der Waals surface area (Å²) in [6.45, 7) is 5.16. The van der Waals surface area contributed by atoms with Gasteiger partial charge in [0.2, 0.25) is 0 Å². The van der Waals surface area contributed by atoms with E-state index in [1.807, 2.05) is 0 Å². The van der Waals surface area contributed by atoms with Crippen LogP contribution in [-0.4, -0.2) is 37.7 Å². The lowest BCUT2D eigenvalue weighted by atomic mass is 10.0.